The van der Waals surface area contributed by atoms with Crippen molar-refractivity contribution >= 4 is 23.9 Å². The zero-order chi connectivity index (χ0) is 20.8. The standard InChI is InChI=1S/C24H27N3OS/c1-17-10-18(2)12-23(11-17)27-19(3)13-22(20(27)4)14-25-26-24(28)16-29-15-21-8-6-5-7-9-21/h5-14H,15-16H2,1-4H3,(H,26,28). The van der Waals surface area contributed by atoms with Crippen LogP contribution in [0.25, 0.3) is 5.69 Å². The smallest absolute Gasteiger partial charge is 0.250 e. The van der Waals surface area contributed by atoms with Crippen molar-refractivity contribution in [1.29, 1.82) is 0 Å². The Morgan fingerprint density at radius 2 is 1.72 bits per heavy atom. The van der Waals surface area contributed by atoms with E-state index in [0.717, 1.165) is 28.4 Å². The van der Waals surface area contributed by atoms with E-state index in [2.05, 4.69) is 79.2 Å². The molecule has 150 valence electrons. The largest absolute Gasteiger partial charge is 0.318 e. The molecule has 0 spiro atoms. The second kappa shape index (κ2) is 9.61. The van der Waals surface area contributed by atoms with Crippen LogP contribution in [-0.4, -0.2) is 22.4 Å². The van der Waals surface area contributed by atoms with E-state index in [1.807, 2.05) is 18.2 Å². The van der Waals surface area contributed by atoms with Crippen molar-refractivity contribution in [1.82, 2.24) is 9.99 Å². The van der Waals surface area contributed by atoms with Crippen molar-refractivity contribution in [2.24, 2.45) is 5.10 Å². The molecule has 3 rings (SSSR count). The molecule has 0 saturated heterocycles. The summed E-state index contributed by atoms with van der Waals surface area (Å²) in [5, 5.41) is 4.16. The minimum absolute atomic E-state index is 0.0923. The minimum atomic E-state index is -0.0923. The molecule has 0 saturated carbocycles. The van der Waals surface area contributed by atoms with Gasteiger partial charge in [-0.05, 0) is 62.6 Å². The zero-order valence-corrected chi connectivity index (χ0v) is 18.2. The summed E-state index contributed by atoms with van der Waals surface area (Å²) < 4.78 is 2.22. The van der Waals surface area contributed by atoms with Crippen LogP contribution in [0.4, 0.5) is 0 Å². The highest BCUT2D eigenvalue weighted by atomic mass is 32.2. The highest BCUT2D eigenvalue weighted by Gasteiger charge is 2.10. The van der Waals surface area contributed by atoms with E-state index in [4.69, 9.17) is 0 Å². The molecule has 0 unspecified atom stereocenters. The summed E-state index contributed by atoms with van der Waals surface area (Å²) in [6.07, 6.45) is 1.72. The second-order valence-electron chi connectivity index (χ2n) is 7.28. The molecule has 0 aliphatic carbocycles. The molecular weight excluding hydrogens is 378 g/mol. The first-order valence-electron chi connectivity index (χ1n) is 9.65. The first-order chi connectivity index (χ1) is 13.9. The Bertz CT molecular complexity index is 1000. The molecule has 0 aliphatic rings. The molecule has 1 N–H and O–H groups in total. The van der Waals surface area contributed by atoms with Gasteiger partial charge in [0.2, 0.25) is 5.91 Å². The molecule has 0 aliphatic heterocycles. The van der Waals surface area contributed by atoms with Crippen molar-refractivity contribution in [2.75, 3.05) is 5.75 Å². The summed E-state index contributed by atoms with van der Waals surface area (Å²) in [4.78, 5) is 12.0. The lowest BCUT2D eigenvalue weighted by molar-refractivity contribution is -0.118. The molecule has 0 fully saturated rings. The van der Waals surface area contributed by atoms with Crippen LogP contribution in [0.3, 0.4) is 0 Å². The fraction of sp³-hybridized carbons (Fsp3) is 0.250. The molecule has 0 radical (unpaired) electrons. The van der Waals surface area contributed by atoms with Gasteiger partial charge in [0, 0.05) is 28.4 Å². The number of aromatic nitrogens is 1. The highest BCUT2D eigenvalue weighted by molar-refractivity contribution is 7.99. The number of hydrogen-bond acceptors (Lipinski definition) is 3. The predicted molar refractivity (Wildman–Crippen MR) is 123 cm³/mol. The average molecular weight is 406 g/mol. The number of rotatable bonds is 7. The quantitative estimate of drug-likeness (QED) is 0.439. The lowest BCUT2D eigenvalue weighted by atomic mass is 10.1. The Balaban J connectivity index is 1.60. The Labute approximate surface area is 177 Å². The Hall–Kier alpha value is -2.79. The monoisotopic (exact) mass is 405 g/mol. The van der Waals surface area contributed by atoms with Crippen LogP contribution in [0.5, 0.6) is 0 Å². The summed E-state index contributed by atoms with van der Waals surface area (Å²) in [6.45, 7) is 8.38. The van der Waals surface area contributed by atoms with Gasteiger partial charge in [-0.15, -0.1) is 11.8 Å². The summed E-state index contributed by atoms with van der Waals surface area (Å²) in [7, 11) is 0. The topological polar surface area (TPSA) is 46.4 Å². The summed E-state index contributed by atoms with van der Waals surface area (Å²) in [5.74, 6) is 1.10. The van der Waals surface area contributed by atoms with Crippen LogP contribution in [0.2, 0.25) is 0 Å². The predicted octanol–water partition coefficient (Wildman–Crippen LogP) is 5.09. The molecule has 1 aromatic heterocycles. The van der Waals surface area contributed by atoms with E-state index in [1.54, 1.807) is 18.0 Å². The first kappa shape index (κ1) is 20.9. The number of carbonyl (C=O) groups is 1. The van der Waals surface area contributed by atoms with E-state index >= 15 is 0 Å². The maximum absolute atomic E-state index is 12.0. The minimum Gasteiger partial charge on any atom is -0.318 e. The lowest BCUT2D eigenvalue weighted by Gasteiger charge is -2.11. The van der Waals surface area contributed by atoms with Crippen molar-refractivity contribution in [2.45, 2.75) is 33.4 Å². The van der Waals surface area contributed by atoms with Crippen LogP contribution < -0.4 is 5.43 Å². The molecule has 4 nitrogen and oxygen atoms in total. The van der Waals surface area contributed by atoms with Gasteiger partial charge in [0.15, 0.2) is 0 Å². The lowest BCUT2D eigenvalue weighted by Crippen LogP contribution is -2.19. The number of amides is 1. The Kier molecular flexibility index (Phi) is 6.94. The summed E-state index contributed by atoms with van der Waals surface area (Å²) in [6, 6.07) is 18.8. The van der Waals surface area contributed by atoms with Crippen LogP contribution in [0.1, 0.15) is 33.6 Å². The third-order valence-corrected chi connectivity index (χ3v) is 5.68. The third-order valence-electron chi connectivity index (χ3n) is 4.67. The molecule has 1 amide bonds. The zero-order valence-electron chi connectivity index (χ0n) is 17.4. The fourth-order valence-corrected chi connectivity index (χ4v) is 4.22. The van der Waals surface area contributed by atoms with Gasteiger partial charge in [-0.3, -0.25) is 4.79 Å². The SMILES string of the molecule is Cc1cc(C)cc(-n2c(C)cc(C=NNC(=O)CSCc3ccccc3)c2C)c1. The fourth-order valence-electron chi connectivity index (χ4n) is 3.44. The molecular formula is C24H27N3OS. The van der Waals surface area contributed by atoms with E-state index < -0.39 is 0 Å². The molecule has 0 atom stereocenters. The highest BCUT2D eigenvalue weighted by Crippen LogP contribution is 2.22. The number of carbonyl (C=O) groups excluding carboxylic acids is 1. The molecule has 3 aromatic rings. The van der Waals surface area contributed by atoms with Gasteiger partial charge in [0.1, 0.15) is 0 Å². The number of aryl methyl sites for hydroxylation is 3. The van der Waals surface area contributed by atoms with E-state index in [0.29, 0.717) is 5.75 Å². The van der Waals surface area contributed by atoms with Gasteiger partial charge in [0.05, 0.1) is 12.0 Å². The third kappa shape index (κ3) is 5.61. The maximum Gasteiger partial charge on any atom is 0.250 e. The maximum atomic E-state index is 12.0. The Morgan fingerprint density at radius 1 is 1.03 bits per heavy atom. The van der Waals surface area contributed by atoms with Gasteiger partial charge >= 0.3 is 0 Å². The van der Waals surface area contributed by atoms with Crippen molar-refractivity contribution < 1.29 is 4.79 Å². The van der Waals surface area contributed by atoms with E-state index in [-0.39, 0.29) is 5.91 Å². The second-order valence-corrected chi connectivity index (χ2v) is 8.26. The Morgan fingerprint density at radius 3 is 2.41 bits per heavy atom. The molecule has 2 aromatic carbocycles. The van der Waals surface area contributed by atoms with Gasteiger partial charge in [-0.1, -0.05) is 36.4 Å². The summed E-state index contributed by atoms with van der Waals surface area (Å²) in [5.41, 5.74) is 10.7. The van der Waals surface area contributed by atoms with Gasteiger partial charge in [-0.25, -0.2) is 5.43 Å². The number of thioether (sulfide) groups is 1. The van der Waals surface area contributed by atoms with E-state index in [1.165, 1.54) is 16.7 Å². The van der Waals surface area contributed by atoms with Crippen molar-refractivity contribution in [3.63, 3.8) is 0 Å². The number of nitrogens with zero attached hydrogens (tertiary/aromatic N) is 2. The first-order valence-corrected chi connectivity index (χ1v) is 10.8. The molecule has 5 heteroatoms. The summed E-state index contributed by atoms with van der Waals surface area (Å²) >= 11 is 1.58. The normalized spacial score (nSPS) is 11.2. The van der Waals surface area contributed by atoms with Crippen LogP contribution in [0.15, 0.2) is 59.7 Å². The number of nitrogens with one attached hydrogen (secondary N) is 1. The van der Waals surface area contributed by atoms with Crippen molar-refractivity contribution in [3.05, 3.63) is 88.2 Å². The molecule has 29 heavy (non-hydrogen) atoms. The van der Waals surface area contributed by atoms with Gasteiger partial charge in [0.25, 0.3) is 0 Å². The van der Waals surface area contributed by atoms with Crippen LogP contribution >= 0.6 is 11.8 Å². The van der Waals surface area contributed by atoms with Gasteiger partial charge < -0.3 is 4.57 Å². The number of hydrogen-bond donors (Lipinski definition) is 1. The van der Waals surface area contributed by atoms with Gasteiger partial charge in [-0.2, -0.15) is 5.10 Å². The molecule has 1 heterocycles. The number of benzene rings is 2. The number of hydrazone groups is 1. The molecule has 0 bridgehead atoms. The van der Waals surface area contributed by atoms with Crippen molar-refractivity contribution in [3.8, 4) is 5.69 Å². The van der Waals surface area contributed by atoms with Crippen LogP contribution in [-0.2, 0) is 10.5 Å². The van der Waals surface area contributed by atoms with Crippen LogP contribution in [0, 0.1) is 27.7 Å². The average Bonchev–Trinajstić information content (AvgIpc) is 2.95. The van der Waals surface area contributed by atoms with E-state index in [9.17, 15) is 4.79 Å².